The molecule has 0 saturated carbocycles. The van der Waals surface area contributed by atoms with Gasteiger partial charge in [-0.3, -0.25) is 14.9 Å². The molecule has 8 heteroatoms. The molecular formula is C26H21N3O5. The van der Waals surface area contributed by atoms with Crippen LogP contribution in [-0.4, -0.2) is 34.9 Å². The minimum absolute atomic E-state index is 0.00392. The molecule has 0 atom stereocenters. The van der Waals surface area contributed by atoms with E-state index in [-0.39, 0.29) is 12.2 Å². The molecule has 1 amide bonds. The number of hydrogen-bond donors (Lipinski definition) is 1. The molecule has 1 heterocycles. The number of esters is 1. The van der Waals surface area contributed by atoms with E-state index < -0.39 is 23.4 Å². The number of allylic oxidation sites excluding steroid dienone is 1. The smallest absolute Gasteiger partial charge is 0.339 e. The third kappa shape index (κ3) is 4.79. The van der Waals surface area contributed by atoms with Crippen LogP contribution in [0, 0.1) is 22.5 Å². The van der Waals surface area contributed by atoms with Crippen molar-refractivity contribution >= 4 is 40.1 Å². The second kappa shape index (κ2) is 9.96. The summed E-state index contributed by atoms with van der Waals surface area (Å²) < 4.78 is 5.31. The van der Waals surface area contributed by atoms with Crippen LogP contribution in [0.3, 0.4) is 0 Å². The zero-order valence-corrected chi connectivity index (χ0v) is 18.2. The lowest BCUT2D eigenvalue weighted by Gasteiger charge is -2.22. The summed E-state index contributed by atoms with van der Waals surface area (Å²) in [6.45, 7) is -0.391. The van der Waals surface area contributed by atoms with Crippen LogP contribution in [0.25, 0.3) is 22.6 Å². The summed E-state index contributed by atoms with van der Waals surface area (Å²) in [5.41, 5.74) is 3.99. The lowest BCUT2D eigenvalue weighted by molar-refractivity contribution is -0.384. The van der Waals surface area contributed by atoms with Gasteiger partial charge in [-0.05, 0) is 48.1 Å². The Morgan fingerprint density at radius 3 is 2.82 bits per heavy atom. The van der Waals surface area contributed by atoms with Crippen molar-refractivity contribution < 1.29 is 19.2 Å². The first-order chi connectivity index (χ1) is 16.5. The van der Waals surface area contributed by atoms with E-state index in [0.29, 0.717) is 40.6 Å². The number of para-hydroxylation sites is 1. The van der Waals surface area contributed by atoms with Crippen LogP contribution in [0.15, 0.2) is 48.5 Å². The molecule has 1 aliphatic carbocycles. The van der Waals surface area contributed by atoms with Crippen LogP contribution in [0.5, 0.6) is 0 Å². The van der Waals surface area contributed by atoms with Crippen molar-refractivity contribution in [2.24, 2.45) is 0 Å². The van der Waals surface area contributed by atoms with Crippen molar-refractivity contribution in [3.63, 3.8) is 0 Å². The molecule has 0 aliphatic heterocycles. The fourth-order valence-corrected chi connectivity index (χ4v) is 4.04. The Morgan fingerprint density at radius 1 is 1.21 bits per heavy atom. The summed E-state index contributed by atoms with van der Waals surface area (Å²) in [6.07, 6.45) is 9.11. The van der Waals surface area contributed by atoms with Gasteiger partial charge in [-0.2, -0.15) is 0 Å². The highest BCUT2D eigenvalue weighted by Gasteiger charge is 2.26. The topological polar surface area (TPSA) is 111 Å². The van der Waals surface area contributed by atoms with Crippen molar-refractivity contribution in [3.8, 4) is 12.3 Å². The number of nitro groups is 1. The molecule has 170 valence electrons. The van der Waals surface area contributed by atoms with Gasteiger partial charge < -0.3 is 10.1 Å². The van der Waals surface area contributed by atoms with Gasteiger partial charge in [0.1, 0.15) is 0 Å². The van der Waals surface area contributed by atoms with Crippen LogP contribution in [0.2, 0.25) is 0 Å². The lowest BCUT2D eigenvalue weighted by Crippen LogP contribution is -2.29. The predicted octanol–water partition coefficient (Wildman–Crippen LogP) is 3.93. The number of pyridine rings is 1. The minimum atomic E-state index is -0.609. The number of nitrogens with one attached hydrogen (secondary N) is 1. The van der Waals surface area contributed by atoms with E-state index in [1.165, 1.54) is 12.1 Å². The molecule has 4 rings (SSSR count). The number of non-ortho nitro benzene ring substituents is 1. The Hall–Kier alpha value is -4.51. The average molecular weight is 455 g/mol. The van der Waals surface area contributed by atoms with Gasteiger partial charge in [0.25, 0.3) is 11.6 Å². The maximum absolute atomic E-state index is 13.1. The monoisotopic (exact) mass is 455 g/mol. The summed E-state index contributed by atoms with van der Waals surface area (Å²) in [6, 6.07) is 13.6. The maximum atomic E-state index is 13.1. The highest BCUT2D eigenvalue weighted by Crippen LogP contribution is 2.36. The van der Waals surface area contributed by atoms with Crippen molar-refractivity contribution in [1.29, 1.82) is 0 Å². The number of rotatable bonds is 6. The van der Waals surface area contributed by atoms with E-state index in [9.17, 15) is 19.7 Å². The zero-order chi connectivity index (χ0) is 24.1. The molecule has 1 aliphatic rings. The third-order valence-corrected chi connectivity index (χ3v) is 5.52. The van der Waals surface area contributed by atoms with Crippen LogP contribution in [-0.2, 0) is 16.0 Å². The molecule has 0 saturated heterocycles. The fourth-order valence-electron chi connectivity index (χ4n) is 4.04. The first-order valence-corrected chi connectivity index (χ1v) is 10.7. The summed E-state index contributed by atoms with van der Waals surface area (Å²) in [5, 5.41) is 14.3. The van der Waals surface area contributed by atoms with E-state index in [1.54, 1.807) is 18.2 Å². The molecule has 0 bridgehead atoms. The summed E-state index contributed by atoms with van der Waals surface area (Å²) in [5.74, 6) is 1.20. The van der Waals surface area contributed by atoms with E-state index in [4.69, 9.17) is 16.1 Å². The SMILES string of the molecule is C#CCNC(=O)COC(=O)c1c2c(nc3ccccc13)/C(=C/c1cccc([N+](=O)[O-])c1)CCC2. The van der Waals surface area contributed by atoms with Crippen molar-refractivity contribution in [1.82, 2.24) is 10.3 Å². The molecule has 0 fully saturated rings. The molecule has 1 aromatic heterocycles. The van der Waals surface area contributed by atoms with Gasteiger partial charge in [-0.15, -0.1) is 6.42 Å². The first-order valence-electron chi connectivity index (χ1n) is 10.7. The minimum Gasteiger partial charge on any atom is -0.452 e. The third-order valence-electron chi connectivity index (χ3n) is 5.52. The number of nitrogens with zero attached hydrogens (tertiary/aromatic N) is 2. The molecular weight excluding hydrogens is 434 g/mol. The number of carbonyl (C=O) groups excluding carboxylic acids is 2. The number of nitro benzene ring substituents is 1. The standard InChI is InChI=1S/C26H21N3O5/c1-2-13-27-23(30)16-34-26(31)24-20-10-3-4-12-22(20)28-25-18(8-6-11-21(24)25)14-17-7-5-9-19(15-17)29(32)33/h1,3-5,7,9-10,12,14-15H,6,8,11,13,16H2,(H,27,30)/b18-14+. The number of terminal acetylenes is 1. The van der Waals surface area contributed by atoms with E-state index >= 15 is 0 Å². The molecule has 0 unspecified atom stereocenters. The predicted molar refractivity (Wildman–Crippen MR) is 128 cm³/mol. The molecule has 2 aromatic carbocycles. The number of aromatic nitrogens is 1. The van der Waals surface area contributed by atoms with E-state index in [1.807, 2.05) is 24.3 Å². The number of fused-ring (bicyclic) bond motifs is 2. The van der Waals surface area contributed by atoms with Gasteiger partial charge in [0, 0.05) is 17.5 Å². The quantitative estimate of drug-likeness (QED) is 0.261. The van der Waals surface area contributed by atoms with E-state index in [2.05, 4.69) is 11.2 Å². The van der Waals surface area contributed by atoms with Crippen LogP contribution >= 0.6 is 0 Å². The van der Waals surface area contributed by atoms with Gasteiger partial charge in [0.15, 0.2) is 6.61 Å². The summed E-state index contributed by atoms with van der Waals surface area (Å²) in [7, 11) is 0. The average Bonchev–Trinajstić information content (AvgIpc) is 2.85. The van der Waals surface area contributed by atoms with Gasteiger partial charge in [0.05, 0.1) is 28.2 Å². The second-order valence-corrected chi connectivity index (χ2v) is 7.76. The Labute approximate surface area is 195 Å². The Balaban J connectivity index is 1.76. The number of ether oxygens (including phenoxy) is 1. The van der Waals surface area contributed by atoms with E-state index in [0.717, 1.165) is 17.6 Å². The molecule has 0 radical (unpaired) electrons. The molecule has 1 N–H and O–H groups in total. The van der Waals surface area contributed by atoms with Crippen LogP contribution in [0.4, 0.5) is 5.69 Å². The van der Waals surface area contributed by atoms with Gasteiger partial charge >= 0.3 is 5.97 Å². The van der Waals surface area contributed by atoms with Gasteiger partial charge in [-0.1, -0.05) is 36.3 Å². The molecule has 8 nitrogen and oxygen atoms in total. The Kier molecular flexibility index (Phi) is 6.64. The molecule has 3 aromatic rings. The van der Waals surface area contributed by atoms with Crippen molar-refractivity contribution in [2.75, 3.05) is 13.2 Å². The molecule has 0 spiro atoms. The highest BCUT2D eigenvalue weighted by atomic mass is 16.6. The first kappa shape index (κ1) is 22.7. The Bertz CT molecular complexity index is 1370. The number of carbonyl (C=O) groups is 2. The molecule has 34 heavy (non-hydrogen) atoms. The van der Waals surface area contributed by atoms with Crippen LogP contribution < -0.4 is 5.32 Å². The van der Waals surface area contributed by atoms with Gasteiger partial charge in [0.2, 0.25) is 0 Å². The zero-order valence-electron chi connectivity index (χ0n) is 18.2. The maximum Gasteiger partial charge on any atom is 0.339 e. The fraction of sp³-hybridized carbons (Fsp3) is 0.192. The lowest BCUT2D eigenvalue weighted by atomic mass is 9.86. The normalized spacial score (nSPS) is 13.7. The van der Waals surface area contributed by atoms with Crippen molar-refractivity contribution in [2.45, 2.75) is 19.3 Å². The summed E-state index contributed by atoms with van der Waals surface area (Å²) >= 11 is 0. The Morgan fingerprint density at radius 2 is 2.03 bits per heavy atom. The van der Waals surface area contributed by atoms with Crippen LogP contribution in [0.1, 0.15) is 40.0 Å². The number of amides is 1. The van der Waals surface area contributed by atoms with Crippen molar-refractivity contribution in [3.05, 3.63) is 81.0 Å². The number of benzene rings is 2. The number of hydrogen-bond acceptors (Lipinski definition) is 6. The van der Waals surface area contributed by atoms with Gasteiger partial charge in [-0.25, -0.2) is 9.78 Å². The second-order valence-electron chi connectivity index (χ2n) is 7.76. The highest BCUT2D eigenvalue weighted by molar-refractivity contribution is 6.07. The largest absolute Gasteiger partial charge is 0.452 e. The summed E-state index contributed by atoms with van der Waals surface area (Å²) in [4.78, 5) is 40.5.